The van der Waals surface area contributed by atoms with E-state index in [2.05, 4.69) is 15.3 Å². The zero-order chi connectivity index (χ0) is 18.5. The number of hydrogen-bond donors (Lipinski definition) is 1. The summed E-state index contributed by atoms with van der Waals surface area (Å²) < 4.78 is 7.33. The number of halogens is 1. The summed E-state index contributed by atoms with van der Waals surface area (Å²) in [6.45, 7) is 3.53. The minimum Gasteiger partial charge on any atom is -0.432 e. The fourth-order valence-electron chi connectivity index (χ4n) is 3.90. The normalized spacial score (nSPS) is 17.9. The van der Waals surface area contributed by atoms with E-state index in [-0.39, 0.29) is 28.1 Å². The minimum absolute atomic E-state index is 0.104. The monoisotopic (exact) mass is 374 g/mol. The lowest BCUT2D eigenvalue weighted by Gasteiger charge is -2.35. The molecule has 1 saturated carbocycles. The molecular formula is C18H19ClN4O3. The lowest BCUT2D eigenvalue weighted by Crippen LogP contribution is -2.48. The maximum Gasteiger partial charge on any atom is 0.296 e. The third kappa shape index (κ3) is 2.49. The molecule has 0 unspecified atom stereocenters. The van der Waals surface area contributed by atoms with E-state index in [0.29, 0.717) is 17.0 Å². The number of hydrogen-bond acceptors (Lipinski definition) is 5. The van der Waals surface area contributed by atoms with Gasteiger partial charge in [0.15, 0.2) is 5.75 Å². The number of aryl methyl sites for hydroxylation is 2. The van der Waals surface area contributed by atoms with Gasteiger partial charge in [-0.15, -0.1) is 0 Å². The summed E-state index contributed by atoms with van der Waals surface area (Å²) in [4.78, 5) is 33.7. The molecule has 8 heteroatoms. The van der Waals surface area contributed by atoms with Gasteiger partial charge in [-0.05, 0) is 51.2 Å². The molecule has 2 aromatic heterocycles. The van der Waals surface area contributed by atoms with Crippen LogP contribution in [-0.2, 0) is 5.66 Å². The van der Waals surface area contributed by atoms with Crippen LogP contribution in [0.4, 0.5) is 0 Å². The first kappa shape index (κ1) is 17.0. The molecule has 1 fully saturated rings. The molecule has 0 radical (unpaired) electrons. The van der Waals surface area contributed by atoms with Crippen molar-refractivity contribution in [2.75, 3.05) is 0 Å². The molecule has 2 aromatic rings. The van der Waals surface area contributed by atoms with Gasteiger partial charge in [0.25, 0.3) is 11.5 Å². The Bertz CT molecular complexity index is 964. The summed E-state index contributed by atoms with van der Waals surface area (Å²) in [6.07, 6.45) is 5.85. The molecule has 1 amide bonds. The molecule has 1 aliphatic carbocycles. The van der Waals surface area contributed by atoms with Crippen LogP contribution in [0.3, 0.4) is 0 Å². The van der Waals surface area contributed by atoms with E-state index in [1.54, 1.807) is 24.5 Å². The van der Waals surface area contributed by atoms with E-state index in [9.17, 15) is 9.59 Å². The number of carbonyl (C=O) groups is 1. The Morgan fingerprint density at radius 2 is 1.92 bits per heavy atom. The Hall–Kier alpha value is -2.41. The quantitative estimate of drug-likeness (QED) is 0.873. The predicted octanol–water partition coefficient (Wildman–Crippen LogP) is 3.06. The lowest BCUT2D eigenvalue weighted by atomic mass is 9.89. The van der Waals surface area contributed by atoms with E-state index < -0.39 is 5.66 Å². The van der Waals surface area contributed by atoms with Crippen molar-refractivity contribution in [3.8, 4) is 11.6 Å². The van der Waals surface area contributed by atoms with Crippen LogP contribution < -0.4 is 15.6 Å². The number of amides is 1. The van der Waals surface area contributed by atoms with Gasteiger partial charge < -0.3 is 10.1 Å². The maximum atomic E-state index is 13.2. The van der Waals surface area contributed by atoms with E-state index in [4.69, 9.17) is 16.3 Å². The first-order chi connectivity index (χ1) is 12.4. The van der Waals surface area contributed by atoms with Crippen molar-refractivity contribution >= 4 is 17.5 Å². The van der Waals surface area contributed by atoms with E-state index in [0.717, 1.165) is 32.1 Å². The van der Waals surface area contributed by atoms with Crippen LogP contribution in [0, 0.1) is 13.8 Å². The summed E-state index contributed by atoms with van der Waals surface area (Å²) in [5.41, 5.74) is 0.654. The van der Waals surface area contributed by atoms with Crippen molar-refractivity contribution in [3.63, 3.8) is 0 Å². The number of ether oxygens (including phenoxy) is 1. The zero-order valence-electron chi connectivity index (χ0n) is 14.6. The molecule has 7 nitrogen and oxygen atoms in total. The second-order valence-corrected chi connectivity index (χ2v) is 7.29. The maximum absolute atomic E-state index is 13.2. The molecule has 2 aliphatic rings. The summed E-state index contributed by atoms with van der Waals surface area (Å²) in [5, 5.41) is 3.31. The fourth-order valence-corrected chi connectivity index (χ4v) is 4.04. The van der Waals surface area contributed by atoms with Gasteiger partial charge in [0.05, 0.1) is 5.69 Å². The highest BCUT2D eigenvalue weighted by atomic mass is 35.5. The van der Waals surface area contributed by atoms with Crippen molar-refractivity contribution in [2.24, 2.45) is 0 Å². The number of fused-ring (bicyclic) bond motifs is 2. The molecule has 0 aromatic carbocycles. The summed E-state index contributed by atoms with van der Waals surface area (Å²) in [7, 11) is 0. The van der Waals surface area contributed by atoms with Gasteiger partial charge in [0.1, 0.15) is 22.7 Å². The highest BCUT2D eigenvalue weighted by Gasteiger charge is 2.45. The van der Waals surface area contributed by atoms with Gasteiger partial charge in [0.2, 0.25) is 5.88 Å². The van der Waals surface area contributed by atoms with Crippen LogP contribution in [-0.4, -0.2) is 20.4 Å². The van der Waals surface area contributed by atoms with E-state index >= 15 is 0 Å². The largest absolute Gasteiger partial charge is 0.432 e. The average Bonchev–Trinajstić information content (AvgIpc) is 2.89. The third-order valence-corrected chi connectivity index (χ3v) is 5.60. The highest BCUT2D eigenvalue weighted by molar-refractivity contribution is 6.32. The minimum atomic E-state index is -0.655. The number of rotatable bonds is 2. The highest BCUT2D eigenvalue weighted by Crippen LogP contribution is 2.38. The van der Waals surface area contributed by atoms with Crippen molar-refractivity contribution in [1.29, 1.82) is 0 Å². The van der Waals surface area contributed by atoms with Crippen molar-refractivity contribution in [3.05, 3.63) is 44.7 Å². The number of pyridine rings is 1. The van der Waals surface area contributed by atoms with Gasteiger partial charge in [-0.2, -0.15) is 0 Å². The van der Waals surface area contributed by atoms with Crippen LogP contribution in [0.1, 0.15) is 53.8 Å². The molecular weight excluding hydrogens is 356 g/mol. The Balaban J connectivity index is 1.86. The number of carbonyl (C=O) groups excluding carboxylic acids is 1. The van der Waals surface area contributed by atoms with E-state index in [1.165, 1.54) is 6.33 Å². The third-order valence-electron chi connectivity index (χ3n) is 5.17. The van der Waals surface area contributed by atoms with Crippen molar-refractivity contribution in [2.45, 2.75) is 51.6 Å². The Labute approximate surface area is 155 Å². The van der Waals surface area contributed by atoms with Gasteiger partial charge >= 0.3 is 0 Å². The number of nitrogens with zero attached hydrogens (tertiary/aromatic N) is 3. The number of nitrogens with one attached hydrogen (secondary N) is 1. The van der Waals surface area contributed by atoms with Crippen LogP contribution in [0.15, 0.2) is 17.2 Å². The van der Waals surface area contributed by atoms with Crippen LogP contribution in [0.2, 0.25) is 5.02 Å². The molecule has 0 atom stereocenters. The second-order valence-electron chi connectivity index (χ2n) is 6.91. The molecule has 3 heterocycles. The average molecular weight is 375 g/mol. The summed E-state index contributed by atoms with van der Waals surface area (Å²) in [6, 6.07) is 1.57. The standard InChI is InChI=1S/C18H19ClN4O3/c1-10-8-12(26-16-13(19)11(2)20-9-21-16)17(25)23-14(10)15(24)22-18(23)6-4-3-5-7-18/h8-9H,3-7H2,1-2H3,(H,22,24). The molecule has 1 N–H and O–H groups in total. The van der Waals surface area contributed by atoms with Gasteiger partial charge in [-0.25, -0.2) is 9.97 Å². The van der Waals surface area contributed by atoms with Crippen molar-refractivity contribution < 1.29 is 9.53 Å². The van der Waals surface area contributed by atoms with Crippen LogP contribution >= 0.6 is 11.6 Å². The van der Waals surface area contributed by atoms with Gasteiger partial charge in [-0.3, -0.25) is 14.2 Å². The molecule has 0 saturated heterocycles. The van der Waals surface area contributed by atoms with Crippen LogP contribution in [0.25, 0.3) is 0 Å². The molecule has 26 heavy (non-hydrogen) atoms. The molecule has 0 bridgehead atoms. The molecule has 136 valence electrons. The van der Waals surface area contributed by atoms with Gasteiger partial charge in [-0.1, -0.05) is 18.0 Å². The fraction of sp³-hybridized carbons (Fsp3) is 0.444. The SMILES string of the molecule is Cc1cc(Oc2ncnc(C)c2Cl)c(=O)n2c1C(=O)NC21CCCCC1. The Morgan fingerprint density at radius 3 is 2.65 bits per heavy atom. The van der Waals surface area contributed by atoms with Gasteiger partial charge in [0, 0.05) is 0 Å². The Kier molecular flexibility index (Phi) is 3.99. The Morgan fingerprint density at radius 1 is 1.19 bits per heavy atom. The predicted molar refractivity (Wildman–Crippen MR) is 95.8 cm³/mol. The summed E-state index contributed by atoms with van der Waals surface area (Å²) in [5.74, 6) is 0.0304. The molecule has 1 aliphatic heterocycles. The molecule has 1 spiro atoms. The smallest absolute Gasteiger partial charge is 0.296 e. The van der Waals surface area contributed by atoms with E-state index in [1.807, 2.05) is 0 Å². The number of aromatic nitrogens is 3. The van der Waals surface area contributed by atoms with Crippen LogP contribution in [0.5, 0.6) is 11.6 Å². The molecule has 4 rings (SSSR count). The first-order valence-corrected chi connectivity index (χ1v) is 9.05. The first-order valence-electron chi connectivity index (χ1n) is 8.67. The lowest BCUT2D eigenvalue weighted by molar-refractivity contribution is 0.0876. The zero-order valence-corrected chi connectivity index (χ0v) is 15.4. The summed E-state index contributed by atoms with van der Waals surface area (Å²) >= 11 is 6.19. The topological polar surface area (TPSA) is 86.1 Å². The second kappa shape index (κ2) is 6.09. The van der Waals surface area contributed by atoms with Crippen molar-refractivity contribution in [1.82, 2.24) is 19.9 Å².